The highest BCUT2D eigenvalue weighted by atomic mass is 14.9. The summed E-state index contributed by atoms with van der Waals surface area (Å²) in [6, 6.07) is 1.88. The van der Waals surface area contributed by atoms with E-state index in [1.807, 2.05) is 18.5 Å². The molecule has 0 amide bonds. The van der Waals surface area contributed by atoms with Crippen LogP contribution in [0.25, 0.3) is 0 Å². The third-order valence-corrected chi connectivity index (χ3v) is 2.65. The van der Waals surface area contributed by atoms with Gasteiger partial charge in [-0.25, -0.2) is 9.97 Å². The van der Waals surface area contributed by atoms with Gasteiger partial charge in [0.15, 0.2) is 0 Å². The van der Waals surface area contributed by atoms with Gasteiger partial charge >= 0.3 is 0 Å². The van der Waals surface area contributed by atoms with E-state index in [1.165, 1.54) is 19.3 Å². The van der Waals surface area contributed by atoms with Gasteiger partial charge < -0.3 is 0 Å². The van der Waals surface area contributed by atoms with E-state index in [2.05, 4.69) is 16.9 Å². The Bertz CT molecular complexity index is 245. The molecule has 1 aliphatic rings. The second-order valence-electron chi connectivity index (χ2n) is 3.72. The molecule has 2 nitrogen and oxygen atoms in total. The molecule has 12 heavy (non-hydrogen) atoms. The van der Waals surface area contributed by atoms with Gasteiger partial charge in [-0.3, -0.25) is 0 Å². The van der Waals surface area contributed by atoms with Crippen LogP contribution in [0.3, 0.4) is 0 Å². The lowest BCUT2D eigenvalue weighted by Crippen LogP contribution is -1.99. The predicted octanol–water partition coefficient (Wildman–Crippen LogP) is 2.38. The summed E-state index contributed by atoms with van der Waals surface area (Å²) in [6.07, 6.45) is 7.55. The lowest BCUT2D eigenvalue weighted by molar-refractivity contribution is 0.585. The Morgan fingerprint density at radius 1 is 1.25 bits per heavy atom. The molecule has 1 aliphatic carbocycles. The molecule has 64 valence electrons. The van der Waals surface area contributed by atoms with Crippen molar-refractivity contribution in [3.63, 3.8) is 0 Å². The van der Waals surface area contributed by atoms with Crippen molar-refractivity contribution in [2.45, 2.75) is 32.1 Å². The molecule has 1 saturated carbocycles. The van der Waals surface area contributed by atoms with Crippen LogP contribution in [0.2, 0.25) is 0 Å². The number of hydrogen-bond donors (Lipinski definition) is 0. The van der Waals surface area contributed by atoms with Gasteiger partial charge in [0.2, 0.25) is 0 Å². The smallest absolute Gasteiger partial charge is 0.131 e. The summed E-state index contributed by atoms with van der Waals surface area (Å²) in [4.78, 5) is 8.57. The maximum atomic E-state index is 4.28. The first-order valence-corrected chi connectivity index (χ1v) is 4.63. The molecule has 0 radical (unpaired) electrons. The number of aromatic nitrogens is 2. The Labute approximate surface area is 73.1 Å². The molecule has 1 aromatic rings. The standard InChI is InChI=1S/C10H14N2/c1-8-3-4-9(7-8)10-11-5-2-6-12-10/h2,5-6,8-9H,3-4,7H2,1H3/t8-,9?/m0/s1. The molecule has 0 aromatic carbocycles. The van der Waals surface area contributed by atoms with E-state index in [4.69, 9.17) is 0 Å². The summed E-state index contributed by atoms with van der Waals surface area (Å²) in [5.41, 5.74) is 0. The molecule has 0 spiro atoms. The van der Waals surface area contributed by atoms with Crippen LogP contribution in [0.1, 0.15) is 37.9 Å². The van der Waals surface area contributed by atoms with Gasteiger partial charge in [0.1, 0.15) is 5.82 Å². The normalized spacial score (nSPS) is 29.1. The van der Waals surface area contributed by atoms with Gasteiger partial charge in [-0.15, -0.1) is 0 Å². The van der Waals surface area contributed by atoms with Gasteiger partial charge in [-0.05, 0) is 31.2 Å². The number of rotatable bonds is 1. The third kappa shape index (κ3) is 1.47. The minimum absolute atomic E-state index is 0.626. The predicted molar refractivity (Wildman–Crippen MR) is 47.8 cm³/mol. The Hall–Kier alpha value is -0.920. The minimum atomic E-state index is 0.626. The zero-order valence-corrected chi connectivity index (χ0v) is 7.40. The van der Waals surface area contributed by atoms with E-state index in [1.54, 1.807) is 0 Å². The zero-order valence-electron chi connectivity index (χ0n) is 7.40. The van der Waals surface area contributed by atoms with Crippen LogP contribution < -0.4 is 0 Å². The molecule has 2 rings (SSSR count). The first kappa shape index (κ1) is 7.71. The molecule has 0 bridgehead atoms. The molecule has 1 fully saturated rings. The van der Waals surface area contributed by atoms with Crippen molar-refractivity contribution in [2.75, 3.05) is 0 Å². The van der Waals surface area contributed by atoms with Crippen molar-refractivity contribution in [3.05, 3.63) is 24.3 Å². The number of nitrogens with zero attached hydrogens (tertiary/aromatic N) is 2. The fourth-order valence-corrected chi connectivity index (χ4v) is 1.96. The fourth-order valence-electron chi connectivity index (χ4n) is 1.96. The van der Waals surface area contributed by atoms with Crippen molar-refractivity contribution in [1.82, 2.24) is 9.97 Å². The van der Waals surface area contributed by atoms with E-state index in [0.29, 0.717) is 5.92 Å². The van der Waals surface area contributed by atoms with Gasteiger partial charge in [-0.1, -0.05) is 6.92 Å². The van der Waals surface area contributed by atoms with Crippen LogP contribution in [-0.4, -0.2) is 9.97 Å². The van der Waals surface area contributed by atoms with Crippen molar-refractivity contribution >= 4 is 0 Å². The first-order chi connectivity index (χ1) is 5.86. The van der Waals surface area contributed by atoms with Crippen LogP contribution in [0.4, 0.5) is 0 Å². The summed E-state index contributed by atoms with van der Waals surface area (Å²) in [7, 11) is 0. The molecule has 2 heteroatoms. The van der Waals surface area contributed by atoms with Gasteiger partial charge in [0.05, 0.1) is 0 Å². The van der Waals surface area contributed by atoms with E-state index < -0.39 is 0 Å². The van der Waals surface area contributed by atoms with Crippen LogP contribution in [-0.2, 0) is 0 Å². The van der Waals surface area contributed by atoms with E-state index in [9.17, 15) is 0 Å². The summed E-state index contributed by atoms with van der Waals surface area (Å²) in [6.45, 7) is 2.31. The van der Waals surface area contributed by atoms with Crippen molar-refractivity contribution in [1.29, 1.82) is 0 Å². The molecule has 1 unspecified atom stereocenters. The Balaban J connectivity index is 2.11. The van der Waals surface area contributed by atoms with E-state index in [-0.39, 0.29) is 0 Å². The zero-order chi connectivity index (χ0) is 8.39. The SMILES string of the molecule is C[C@H]1CCC(c2ncccn2)C1. The highest BCUT2D eigenvalue weighted by Gasteiger charge is 2.24. The summed E-state index contributed by atoms with van der Waals surface area (Å²) in [5, 5.41) is 0. The third-order valence-electron chi connectivity index (χ3n) is 2.65. The summed E-state index contributed by atoms with van der Waals surface area (Å²) in [5.74, 6) is 2.53. The van der Waals surface area contributed by atoms with E-state index in [0.717, 1.165) is 11.7 Å². The minimum Gasteiger partial charge on any atom is -0.241 e. The van der Waals surface area contributed by atoms with Crippen molar-refractivity contribution in [2.24, 2.45) is 5.92 Å². The van der Waals surface area contributed by atoms with Crippen molar-refractivity contribution < 1.29 is 0 Å². The van der Waals surface area contributed by atoms with Crippen molar-refractivity contribution in [3.8, 4) is 0 Å². The molecule has 1 heterocycles. The molecule has 2 atom stereocenters. The Morgan fingerprint density at radius 2 is 2.00 bits per heavy atom. The molecular formula is C10H14N2. The average Bonchev–Trinajstić information content (AvgIpc) is 2.54. The lowest BCUT2D eigenvalue weighted by atomic mass is 10.1. The summed E-state index contributed by atoms with van der Waals surface area (Å²) < 4.78 is 0. The molecular weight excluding hydrogens is 148 g/mol. The number of hydrogen-bond acceptors (Lipinski definition) is 2. The molecule has 0 N–H and O–H groups in total. The Morgan fingerprint density at radius 3 is 2.58 bits per heavy atom. The van der Waals surface area contributed by atoms with Crippen LogP contribution in [0, 0.1) is 5.92 Å². The second kappa shape index (κ2) is 3.21. The van der Waals surface area contributed by atoms with E-state index >= 15 is 0 Å². The highest BCUT2D eigenvalue weighted by molar-refractivity contribution is 4.99. The van der Waals surface area contributed by atoms with Crippen LogP contribution in [0.15, 0.2) is 18.5 Å². The van der Waals surface area contributed by atoms with Gasteiger partial charge in [0, 0.05) is 18.3 Å². The maximum Gasteiger partial charge on any atom is 0.131 e. The Kier molecular flexibility index (Phi) is 2.07. The highest BCUT2D eigenvalue weighted by Crippen LogP contribution is 2.35. The van der Waals surface area contributed by atoms with Gasteiger partial charge in [0.25, 0.3) is 0 Å². The van der Waals surface area contributed by atoms with Crippen LogP contribution in [0.5, 0.6) is 0 Å². The molecule has 0 aliphatic heterocycles. The molecule has 1 aromatic heterocycles. The first-order valence-electron chi connectivity index (χ1n) is 4.63. The fraction of sp³-hybridized carbons (Fsp3) is 0.600. The second-order valence-corrected chi connectivity index (χ2v) is 3.72. The summed E-state index contributed by atoms with van der Waals surface area (Å²) >= 11 is 0. The molecule has 0 saturated heterocycles. The average molecular weight is 162 g/mol. The lowest BCUT2D eigenvalue weighted by Gasteiger charge is -2.05. The monoisotopic (exact) mass is 162 g/mol. The topological polar surface area (TPSA) is 25.8 Å². The van der Waals surface area contributed by atoms with Gasteiger partial charge in [-0.2, -0.15) is 0 Å². The van der Waals surface area contributed by atoms with Crippen LogP contribution >= 0.6 is 0 Å². The maximum absolute atomic E-state index is 4.28. The largest absolute Gasteiger partial charge is 0.241 e. The quantitative estimate of drug-likeness (QED) is 0.633.